The quantitative estimate of drug-likeness (QED) is 0.528. The number of rotatable bonds is 4. The summed E-state index contributed by atoms with van der Waals surface area (Å²) in [5, 5.41) is 3.91. The molecule has 2 aliphatic carbocycles. The Bertz CT molecular complexity index is 1390. The van der Waals surface area contributed by atoms with Crippen molar-refractivity contribution in [2.45, 2.75) is 18.7 Å². The highest BCUT2D eigenvalue weighted by molar-refractivity contribution is 7.90. The molecular formula is C24H18N2O5S. The van der Waals surface area contributed by atoms with E-state index in [4.69, 9.17) is 4.84 Å². The molecule has 0 radical (unpaired) electrons. The summed E-state index contributed by atoms with van der Waals surface area (Å²) in [6.07, 6.45) is 5.60. The highest BCUT2D eigenvalue weighted by atomic mass is 32.2. The third kappa shape index (κ3) is 4.26. The number of allylic oxidation sites excluding steroid dienone is 4. The lowest BCUT2D eigenvalue weighted by atomic mass is 9.95. The van der Waals surface area contributed by atoms with E-state index in [0.29, 0.717) is 5.56 Å². The first kappa shape index (κ1) is 21.3. The standard InChI is InChI=1S/C24H18N2O5S/c1-15-7-10-19(11-8-15)32(29,30)26-18-13-16(2)24(28)22(14-18)31-25-23-20-6-4-3-5-17(20)9-12-21(23)27/h3-14H,1-2H3/b25-23+,26-18+. The predicted molar refractivity (Wildman–Crippen MR) is 121 cm³/mol. The van der Waals surface area contributed by atoms with Crippen molar-refractivity contribution in [3.8, 4) is 0 Å². The van der Waals surface area contributed by atoms with Crippen molar-refractivity contribution < 1.29 is 22.8 Å². The molecule has 2 aromatic rings. The smallest absolute Gasteiger partial charge is 0.282 e. The van der Waals surface area contributed by atoms with E-state index in [1.807, 2.05) is 19.1 Å². The van der Waals surface area contributed by atoms with Crippen molar-refractivity contribution in [3.63, 3.8) is 0 Å². The van der Waals surface area contributed by atoms with Crippen LogP contribution >= 0.6 is 0 Å². The number of aryl methyl sites for hydroxylation is 1. The molecule has 0 atom stereocenters. The van der Waals surface area contributed by atoms with Gasteiger partial charge in [-0.05, 0) is 43.7 Å². The molecule has 0 fully saturated rings. The van der Waals surface area contributed by atoms with Crippen molar-refractivity contribution in [1.29, 1.82) is 0 Å². The Morgan fingerprint density at radius 2 is 1.59 bits per heavy atom. The van der Waals surface area contributed by atoms with Crippen LogP contribution in [0, 0.1) is 6.92 Å². The fourth-order valence-corrected chi connectivity index (χ4v) is 4.14. The van der Waals surface area contributed by atoms with Crippen molar-refractivity contribution in [1.82, 2.24) is 0 Å². The van der Waals surface area contributed by atoms with Crippen molar-refractivity contribution in [2.75, 3.05) is 0 Å². The highest BCUT2D eigenvalue weighted by Crippen LogP contribution is 2.21. The molecule has 0 bridgehead atoms. The molecule has 0 saturated carbocycles. The summed E-state index contributed by atoms with van der Waals surface area (Å²) in [6.45, 7) is 3.36. The number of hydrogen-bond acceptors (Lipinski definition) is 6. The number of ketones is 2. The third-order valence-corrected chi connectivity index (χ3v) is 6.19. The van der Waals surface area contributed by atoms with Gasteiger partial charge in [0.05, 0.1) is 10.6 Å². The zero-order valence-electron chi connectivity index (χ0n) is 17.3. The molecule has 0 amide bonds. The molecule has 8 heteroatoms. The van der Waals surface area contributed by atoms with Gasteiger partial charge < -0.3 is 4.84 Å². The number of Topliss-reactive ketones (excluding diaryl/α,β-unsaturated/α-hetero) is 1. The molecular weight excluding hydrogens is 428 g/mol. The van der Waals surface area contributed by atoms with Crippen molar-refractivity contribution in [2.24, 2.45) is 9.55 Å². The van der Waals surface area contributed by atoms with E-state index in [9.17, 15) is 18.0 Å². The van der Waals surface area contributed by atoms with Gasteiger partial charge in [0.15, 0.2) is 5.71 Å². The number of fused-ring (bicyclic) bond motifs is 1. The Morgan fingerprint density at radius 3 is 2.34 bits per heavy atom. The van der Waals surface area contributed by atoms with Crippen LogP contribution in [-0.4, -0.2) is 31.4 Å². The summed E-state index contributed by atoms with van der Waals surface area (Å²) in [5.74, 6) is -1.07. The van der Waals surface area contributed by atoms with Gasteiger partial charge in [-0.3, -0.25) is 9.59 Å². The molecule has 0 aliphatic heterocycles. The van der Waals surface area contributed by atoms with Crippen LogP contribution in [0.15, 0.2) is 92.5 Å². The summed E-state index contributed by atoms with van der Waals surface area (Å²) < 4.78 is 29.1. The van der Waals surface area contributed by atoms with Crippen molar-refractivity contribution in [3.05, 3.63) is 94.8 Å². The van der Waals surface area contributed by atoms with E-state index in [1.165, 1.54) is 37.3 Å². The average Bonchev–Trinajstić information content (AvgIpc) is 2.76. The van der Waals surface area contributed by atoms with Gasteiger partial charge in [0.2, 0.25) is 17.3 Å². The molecule has 2 aromatic carbocycles. The molecule has 32 heavy (non-hydrogen) atoms. The maximum atomic E-state index is 12.6. The Kier molecular flexibility index (Phi) is 5.54. The average molecular weight is 446 g/mol. The first-order chi connectivity index (χ1) is 15.2. The number of nitrogens with zero attached hydrogens (tertiary/aromatic N) is 2. The number of sulfonamides is 1. The van der Waals surface area contributed by atoms with Crippen LogP contribution in [0.25, 0.3) is 6.08 Å². The lowest BCUT2D eigenvalue weighted by Crippen LogP contribution is -2.20. The van der Waals surface area contributed by atoms with E-state index in [1.54, 1.807) is 30.3 Å². The molecule has 160 valence electrons. The second kappa shape index (κ2) is 8.32. The molecule has 0 spiro atoms. The molecule has 0 saturated heterocycles. The minimum atomic E-state index is -3.99. The summed E-state index contributed by atoms with van der Waals surface area (Å²) >= 11 is 0. The third-order valence-electron chi connectivity index (χ3n) is 4.87. The molecule has 0 aromatic heterocycles. The van der Waals surface area contributed by atoms with Gasteiger partial charge in [-0.25, -0.2) is 0 Å². The van der Waals surface area contributed by atoms with Gasteiger partial charge in [-0.15, -0.1) is 0 Å². The SMILES string of the molecule is CC1=C/C(=N\S(=O)(=O)c2ccc(C)cc2)C=C(O/N=C2/C(=O)C=Cc3ccccc32)C1=O. The summed E-state index contributed by atoms with van der Waals surface area (Å²) in [7, 11) is -3.99. The van der Waals surface area contributed by atoms with E-state index in [2.05, 4.69) is 9.55 Å². The van der Waals surface area contributed by atoms with Crippen LogP contribution in [0.2, 0.25) is 0 Å². The van der Waals surface area contributed by atoms with Gasteiger partial charge in [0.25, 0.3) is 10.0 Å². The predicted octanol–water partition coefficient (Wildman–Crippen LogP) is 3.55. The minimum absolute atomic E-state index is 0.0214. The van der Waals surface area contributed by atoms with Gasteiger partial charge in [0.1, 0.15) is 0 Å². The number of hydrogen-bond donors (Lipinski definition) is 0. The van der Waals surface area contributed by atoms with Gasteiger partial charge in [-0.2, -0.15) is 12.8 Å². The number of benzene rings is 2. The van der Waals surface area contributed by atoms with Crippen LogP contribution in [0.4, 0.5) is 0 Å². The van der Waals surface area contributed by atoms with E-state index in [0.717, 1.165) is 11.1 Å². The highest BCUT2D eigenvalue weighted by Gasteiger charge is 2.24. The van der Waals surface area contributed by atoms with Gasteiger partial charge >= 0.3 is 0 Å². The molecule has 0 unspecified atom stereocenters. The molecule has 7 nitrogen and oxygen atoms in total. The zero-order chi connectivity index (χ0) is 22.9. The number of carbonyl (C=O) groups is 2. The van der Waals surface area contributed by atoms with Crippen LogP contribution in [0.3, 0.4) is 0 Å². The van der Waals surface area contributed by atoms with Gasteiger partial charge in [0, 0.05) is 17.2 Å². The maximum absolute atomic E-state index is 12.6. The molecule has 0 N–H and O–H groups in total. The summed E-state index contributed by atoms with van der Waals surface area (Å²) in [6, 6.07) is 13.4. The van der Waals surface area contributed by atoms with Gasteiger partial charge in [-0.1, -0.05) is 53.2 Å². The Labute approximate surface area is 185 Å². The van der Waals surface area contributed by atoms with Crippen LogP contribution < -0.4 is 0 Å². The van der Waals surface area contributed by atoms with E-state index < -0.39 is 15.8 Å². The Hall–Kier alpha value is -3.91. The van der Waals surface area contributed by atoms with Crippen LogP contribution in [0.1, 0.15) is 23.6 Å². The first-order valence-corrected chi connectivity index (χ1v) is 11.1. The Morgan fingerprint density at radius 1 is 0.875 bits per heavy atom. The first-order valence-electron chi connectivity index (χ1n) is 9.68. The Balaban J connectivity index is 1.67. The number of carbonyl (C=O) groups excluding carboxylic acids is 2. The molecule has 2 aliphatic rings. The lowest BCUT2D eigenvalue weighted by Gasteiger charge is -2.13. The van der Waals surface area contributed by atoms with Crippen molar-refractivity contribution >= 4 is 39.1 Å². The fraction of sp³-hybridized carbons (Fsp3) is 0.0833. The monoisotopic (exact) mass is 446 g/mol. The molecule has 0 heterocycles. The maximum Gasteiger partial charge on any atom is 0.282 e. The van der Waals surface area contributed by atoms with Crippen LogP contribution in [-0.2, 0) is 24.4 Å². The zero-order valence-corrected chi connectivity index (χ0v) is 18.1. The topological polar surface area (TPSA) is 102 Å². The van der Waals surface area contributed by atoms with Crippen LogP contribution in [0.5, 0.6) is 0 Å². The van der Waals surface area contributed by atoms with E-state index in [-0.39, 0.29) is 33.4 Å². The van der Waals surface area contributed by atoms with E-state index >= 15 is 0 Å². The second-order valence-corrected chi connectivity index (χ2v) is 8.89. The fourth-order valence-electron chi connectivity index (χ4n) is 3.17. The normalized spacial score (nSPS) is 18.4. The largest absolute Gasteiger partial charge is 0.352 e. The number of oxime groups is 1. The molecule has 4 rings (SSSR count). The minimum Gasteiger partial charge on any atom is -0.352 e. The second-order valence-electron chi connectivity index (χ2n) is 7.29. The lowest BCUT2D eigenvalue weighted by molar-refractivity contribution is -0.115. The summed E-state index contributed by atoms with van der Waals surface area (Å²) in [5.41, 5.74) is 2.59. The summed E-state index contributed by atoms with van der Waals surface area (Å²) in [4.78, 5) is 30.2.